The number of nitrogens with one attached hydrogen (secondary N) is 1. The first-order chi connectivity index (χ1) is 8.83. The lowest BCUT2D eigenvalue weighted by Crippen LogP contribution is -2.37. The van der Waals surface area contributed by atoms with Crippen LogP contribution in [0.5, 0.6) is 0 Å². The van der Waals surface area contributed by atoms with Gasteiger partial charge in [-0.1, -0.05) is 11.6 Å². The van der Waals surface area contributed by atoms with E-state index in [2.05, 4.69) is 21.3 Å². The largest absolute Gasteiger partial charge is 0.353 e. The predicted molar refractivity (Wildman–Crippen MR) is 75.2 cm³/mol. The van der Waals surface area contributed by atoms with Gasteiger partial charge >= 0.3 is 0 Å². The summed E-state index contributed by atoms with van der Waals surface area (Å²) in [7, 11) is 0. The number of pyridine rings is 1. The Morgan fingerprint density at radius 2 is 2.00 bits per heavy atom. The third-order valence-corrected chi connectivity index (χ3v) is 4.13. The van der Waals surface area contributed by atoms with Gasteiger partial charge in [-0.25, -0.2) is 4.98 Å². The molecule has 0 amide bonds. The predicted octanol–water partition coefficient (Wildman–Crippen LogP) is 2.70. The fraction of sp³-hybridized carbons (Fsp3) is 0.643. The standard InChI is InChI=1S/C14H20ClN3/c15-12-1-4-14(17-9-12)18(13-2-3-13)10-11-5-7-16-8-6-11/h1,4,9,11,13,16H,2-3,5-8,10H2. The fourth-order valence-electron chi connectivity index (χ4n) is 2.70. The SMILES string of the molecule is Clc1ccc(N(CC2CCNCC2)C2CC2)nc1. The number of anilines is 1. The van der Waals surface area contributed by atoms with Gasteiger partial charge in [0.15, 0.2) is 0 Å². The van der Waals surface area contributed by atoms with Crippen molar-refractivity contribution in [2.24, 2.45) is 5.92 Å². The van der Waals surface area contributed by atoms with Crippen LogP contribution in [0.4, 0.5) is 5.82 Å². The van der Waals surface area contributed by atoms with Gasteiger partial charge < -0.3 is 10.2 Å². The van der Waals surface area contributed by atoms with Crippen LogP contribution in [0.15, 0.2) is 18.3 Å². The molecule has 3 nitrogen and oxygen atoms in total. The second-order valence-electron chi connectivity index (χ2n) is 5.41. The molecule has 1 saturated heterocycles. The van der Waals surface area contributed by atoms with Gasteiger partial charge in [0.25, 0.3) is 0 Å². The summed E-state index contributed by atoms with van der Waals surface area (Å²) in [5.41, 5.74) is 0. The van der Waals surface area contributed by atoms with E-state index >= 15 is 0 Å². The third kappa shape index (κ3) is 2.96. The van der Waals surface area contributed by atoms with Crippen LogP contribution in [0.2, 0.25) is 5.02 Å². The van der Waals surface area contributed by atoms with Gasteiger partial charge in [-0.2, -0.15) is 0 Å². The third-order valence-electron chi connectivity index (χ3n) is 3.91. The fourth-order valence-corrected chi connectivity index (χ4v) is 2.81. The lowest BCUT2D eigenvalue weighted by molar-refractivity contribution is 0.372. The molecule has 1 aromatic rings. The van der Waals surface area contributed by atoms with Crippen molar-refractivity contribution < 1.29 is 0 Å². The summed E-state index contributed by atoms with van der Waals surface area (Å²) in [5.74, 6) is 1.91. The first-order valence-corrected chi connectivity index (χ1v) is 7.29. The number of hydrogen-bond donors (Lipinski definition) is 1. The average molecular weight is 266 g/mol. The quantitative estimate of drug-likeness (QED) is 0.907. The number of piperidine rings is 1. The Morgan fingerprint density at radius 1 is 1.22 bits per heavy atom. The van der Waals surface area contributed by atoms with Crippen LogP contribution >= 0.6 is 11.6 Å². The van der Waals surface area contributed by atoms with Crippen LogP contribution in [0.1, 0.15) is 25.7 Å². The van der Waals surface area contributed by atoms with Gasteiger partial charge in [0.05, 0.1) is 5.02 Å². The number of halogens is 1. The molecular weight excluding hydrogens is 246 g/mol. The van der Waals surface area contributed by atoms with Gasteiger partial charge in [-0.3, -0.25) is 0 Å². The van der Waals surface area contributed by atoms with Gasteiger partial charge in [-0.15, -0.1) is 0 Å². The van der Waals surface area contributed by atoms with Crippen molar-refractivity contribution >= 4 is 17.4 Å². The smallest absolute Gasteiger partial charge is 0.128 e. The normalized spacial score (nSPS) is 20.9. The molecule has 18 heavy (non-hydrogen) atoms. The maximum Gasteiger partial charge on any atom is 0.128 e. The van der Waals surface area contributed by atoms with Crippen LogP contribution in [0.3, 0.4) is 0 Å². The van der Waals surface area contributed by atoms with E-state index in [0.717, 1.165) is 36.4 Å². The second-order valence-corrected chi connectivity index (χ2v) is 5.85. The zero-order valence-electron chi connectivity index (χ0n) is 10.6. The first kappa shape index (κ1) is 12.2. The molecule has 1 aliphatic carbocycles. The highest BCUT2D eigenvalue weighted by Crippen LogP contribution is 2.32. The van der Waals surface area contributed by atoms with Crippen molar-refractivity contribution in [1.82, 2.24) is 10.3 Å². The molecule has 1 N–H and O–H groups in total. The zero-order valence-corrected chi connectivity index (χ0v) is 11.4. The van der Waals surface area contributed by atoms with Crippen LogP contribution in [-0.2, 0) is 0 Å². The summed E-state index contributed by atoms with van der Waals surface area (Å²) in [6, 6.07) is 4.72. The molecule has 1 saturated carbocycles. The van der Waals surface area contributed by atoms with E-state index in [1.165, 1.54) is 25.7 Å². The number of aromatic nitrogens is 1. The van der Waals surface area contributed by atoms with Crippen molar-refractivity contribution in [1.29, 1.82) is 0 Å². The Bertz CT molecular complexity index is 383. The van der Waals surface area contributed by atoms with Crippen molar-refractivity contribution in [3.63, 3.8) is 0 Å². The summed E-state index contributed by atoms with van der Waals surface area (Å²) in [5, 5.41) is 4.15. The van der Waals surface area contributed by atoms with Gasteiger partial charge in [-0.05, 0) is 56.8 Å². The highest BCUT2D eigenvalue weighted by molar-refractivity contribution is 6.30. The molecular formula is C14H20ClN3. The van der Waals surface area contributed by atoms with Crippen LogP contribution in [-0.4, -0.2) is 30.7 Å². The van der Waals surface area contributed by atoms with E-state index in [4.69, 9.17) is 11.6 Å². The van der Waals surface area contributed by atoms with E-state index in [-0.39, 0.29) is 0 Å². The topological polar surface area (TPSA) is 28.2 Å². The molecule has 0 atom stereocenters. The Kier molecular flexibility index (Phi) is 3.71. The summed E-state index contributed by atoms with van der Waals surface area (Å²) in [4.78, 5) is 6.98. The highest BCUT2D eigenvalue weighted by atomic mass is 35.5. The number of hydrogen-bond acceptors (Lipinski definition) is 3. The van der Waals surface area contributed by atoms with E-state index in [1.54, 1.807) is 6.20 Å². The summed E-state index contributed by atoms with van der Waals surface area (Å²) in [6.45, 7) is 3.48. The van der Waals surface area contributed by atoms with Crippen molar-refractivity contribution in [3.05, 3.63) is 23.4 Å². The molecule has 0 unspecified atom stereocenters. The van der Waals surface area contributed by atoms with Crippen molar-refractivity contribution in [2.75, 3.05) is 24.5 Å². The molecule has 4 heteroatoms. The molecule has 2 fully saturated rings. The highest BCUT2D eigenvalue weighted by Gasteiger charge is 2.31. The zero-order chi connectivity index (χ0) is 12.4. The first-order valence-electron chi connectivity index (χ1n) is 6.92. The molecule has 1 aromatic heterocycles. The second kappa shape index (κ2) is 5.45. The van der Waals surface area contributed by atoms with Crippen molar-refractivity contribution in [2.45, 2.75) is 31.7 Å². The molecule has 0 radical (unpaired) electrons. The summed E-state index contributed by atoms with van der Waals surface area (Å²) in [6.07, 6.45) is 6.97. The molecule has 0 bridgehead atoms. The monoisotopic (exact) mass is 265 g/mol. The maximum absolute atomic E-state index is 5.91. The van der Waals surface area contributed by atoms with Gasteiger partial charge in [0.2, 0.25) is 0 Å². The van der Waals surface area contributed by atoms with Crippen LogP contribution < -0.4 is 10.2 Å². The van der Waals surface area contributed by atoms with Gasteiger partial charge in [0.1, 0.15) is 5.82 Å². The van der Waals surface area contributed by atoms with Crippen LogP contribution in [0, 0.1) is 5.92 Å². The Labute approximate surface area is 114 Å². The van der Waals surface area contributed by atoms with E-state index in [9.17, 15) is 0 Å². The summed E-state index contributed by atoms with van der Waals surface area (Å²) >= 11 is 5.91. The molecule has 2 heterocycles. The maximum atomic E-state index is 5.91. The van der Waals surface area contributed by atoms with E-state index in [0.29, 0.717) is 6.04 Å². The lowest BCUT2D eigenvalue weighted by Gasteiger charge is -2.31. The molecule has 0 spiro atoms. The lowest BCUT2D eigenvalue weighted by atomic mass is 9.97. The minimum Gasteiger partial charge on any atom is -0.353 e. The van der Waals surface area contributed by atoms with E-state index < -0.39 is 0 Å². The van der Waals surface area contributed by atoms with Gasteiger partial charge in [0, 0.05) is 18.8 Å². The minimum atomic E-state index is 0.716. The average Bonchev–Trinajstić information content (AvgIpc) is 3.23. The molecule has 3 rings (SSSR count). The molecule has 1 aliphatic heterocycles. The van der Waals surface area contributed by atoms with Crippen molar-refractivity contribution in [3.8, 4) is 0 Å². The Balaban J connectivity index is 1.69. The number of rotatable bonds is 4. The molecule has 2 aliphatic rings. The molecule has 98 valence electrons. The number of nitrogens with zero attached hydrogens (tertiary/aromatic N) is 2. The summed E-state index contributed by atoms with van der Waals surface area (Å²) < 4.78 is 0. The Morgan fingerprint density at radius 3 is 2.61 bits per heavy atom. The van der Waals surface area contributed by atoms with E-state index in [1.807, 2.05) is 6.07 Å². The Hall–Kier alpha value is -0.800. The minimum absolute atomic E-state index is 0.716. The molecule has 0 aromatic carbocycles. The van der Waals surface area contributed by atoms with Crippen LogP contribution in [0.25, 0.3) is 0 Å².